The van der Waals surface area contributed by atoms with Gasteiger partial charge in [0.05, 0.1) is 0 Å². The van der Waals surface area contributed by atoms with Crippen molar-refractivity contribution in [2.75, 3.05) is 6.54 Å². The summed E-state index contributed by atoms with van der Waals surface area (Å²) >= 11 is 11.9. The molecule has 4 nitrogen and oxygen atoms in total. The van der Waals surface area contributed by atoms with E-state index in [1.165, 1.54) is 0 Å². The van der Waals surface area contributed by atoms with Gasteiger partial charge < -0.3 is 10.4 Å². The zero-order valence-electron chi connectivity index (χ0n) is 12.6. The van der Waals surface area contributed by atoms with Gasteiger partial charge in [0.15, 0.2) is 0 Å². The molecule has 0 radical (unpaired) electrons. The average molecular weight is 346 g/mol. The minimum Gasteiger partial charge on any atom is -0.481 e. The summed E-state index contributed by atoms with van der Waals surface area (Å²) in [5.74, 6) is -0.987. The lowest BCUT2D eigenvalue weighted by Crippen LogP contribution is -2.31. The van der Waals surface area contributed by atoms with E-state index in [1.54, 1.807) is 12.1 Å². The number of nitrogens with one attached hydrogen (secondary N) is 1. The van der Waals surface area contributed by atoms with Crippen LogP contribution in [0.15, 0.2) is 18.2 Å². The first kappa shape index (κ1) is 18.8. The summed E-state index contributed by atoms with van der Waals surface area (Å²) in [6.45, 7) is 2.42. The van der Waals surface area contributed by atoms with Gasteiger partial charge in [-0.3, -0.25) is 9.59 Å². The van der Waals surface area contributed by atoms with Crippen LogP contribution in [0.1, 0.15) is 38.2 Å². The fourth-order valence-electron chi connectivity index (χ4n) is 2.07. The second-order valence-electron chi connectivity index (χ2n) is 5.34. The Morgan fingerprint density at radius 2 is 1.95 bits per heavy atom. The first-order chi connectivity index (χ1) is 10.4. The van der Waals surface area contributed by atoms with Gasteiger partial charge in [0.25, 0.3) is 0 Å². The third-order valence-corrected chi connectivity index (χ3v) is 3.94. The minimum atomic E-state index is -0.780. The van der Waals surface area contributed by atoms with Crippen LogP contribution in [0, 0.1) is 5.92 Å². The van der Waals surface area contributed by atoms with Crippen LogP contribution in [-0.4, -0.2) is 23.5 Å². The average Bonchev–Trinajstić information content (AvgIpc) is 2.45. The highest BCUT2D eigenvalue weighted by Gasteiger charge is 2.14. The van der Waals surface area contributed by atoms with Crippen LogP contribution in [0.5, 0.6) is 0 Å². The van der Waals surface area contributed by atoms with Crippen LogP contribution in [0.3, 0.4) is 0 Å². The number of carbonyl (C=O) groups excluding carboxylic acids is 1. The molecule has 0 aliphatic rings. The Bertz CT molecular complexity index is 520. The van der Waals surface area contributed by atoms with Crippen LogP contribution in [-0.2, 0) is 16.0 Å². The van der Waals surface area contributed by atoms with Crippen molar-refractivity contribution in [2.24, 2.45) is 5.92 Å². The minimum absolute atomic E-state index is 0.0238. The van der Waals surface area contributed by atoms with E-state index in [0.29, 0.717) is 29.4 Å². The van der Waals surface area contributed by atoms with Crippen molar-refractivity contribution in [1.29, 1.82) is 0 Å². The topological polar surface area (TPSA) is 66.4 Å². The summed E-state index contributed by atoms with van der Waals surface area (Å²) in [4.78, 5) is 22.4. The molecule has 0 spiro atoms. The first-order valence-electron chi connectivity index (χ1n) is 7.33. The highest BCUT2D eigenvalue weighted by atomic mass is 35.5. The van der Waals surface area contributed by atoms with Gasteiger partial charge >= 0.3 is 5.97 Å². The Hall–Kier alpha value is -1.26. The van der Waals surface area contributed by atoms with E-state index >= 15 is 0 Å². The molecular formula is C16H21Cl2NO3. The Kier molecular flexibility index (Phi) is 8.28. The number of carboxylic acids is 1. The number of unbranched alkanes of at least 4 members (excludes halogenated alkanes) is 2. The lowest BCUT2D eigenvalue weighted by Gasteiger charge is -2.13. The summed E-state index contributed by atoms with van der Waals surface area (Å²) in [5.41, 5.74) is 0.898. The standard InChI is InChI=1S/C16H21Cl2NO3/c1-11(9-12-6-7-13(17)10-14(12)18)16(22)19-8-4-2-3-5-15(20)21/h6-7,10-11H,2-5,8-9H2,1H3,(H,19,22)(H,20,21). The van der Waals surface area contributed by atoms with Crippen molar-refractivity contribution in [1.82, 2.24) is 5.32 Å². The van der Waals surface area contributed by atoms with E-state index in [-0.39, 0.29) is 18.2 Å². The molecule has 0 aromatic heterocycles. The normalized spacial score (nSPS) is 12.0. The van der Waals surface area contributed by atoms with E-state index in [0.717, 1.165) is 18.4 Å². The number of carbonyl (C=O) groups is 2. The van der Waals surface area contributed by atoms with Crippen LogP contribution < -0.4 is 5.32 Å². The molecule has 1 aromatic carbocycles. The van der Waals surface area contributed by atoms with Crippen molar-refractivity contribution < 1.29 is 14.7 Å². The van der Waals surface area contributed by atoms with Crippen LogP contribution in [0.2, 0.25) is 10.0 Å². The van der Waals surface area contributed by atoms with E-state index in [9.17, 15) is 9.59 Å². The lowest BCUT2D eigenvalue weighted by atomic mass is 10.0. The van der Waals surface area contributed by atoms with Crippen LogP contribution in [0.4, 0.5) is 0 Å². The fourth-order valence-corrected chi connectivity index (χ4v) is 2.56. The molecular weight excluding hydrogens is 325 g/mol. The monoisotopic (exact) mass is 345 g/mol. The maximum Gasteiger partial charge on any atom is 0.303 e. The van der Waals surface area contributed by atoms with Gasteiger partial charge in [-0.25, -0.2) is 0 Å². The second kappa shape index (κ2) is 9.70. The lowest BCUT2D eigenvalue weighted by molar-refractivity contribution is -0.137. The molecule has 0 saturated heterocycles. The van der Waals surface area contributed by atoms with Crippen molar-refractivity contribution >= 4 is 35.1 Å². The van der Waals surface area contributed by atoms with Crippen molar-refractivity contribution in [3.63, 3.8) is 0 Å². The van der Waals surface area contributed by atoms with Gasteiger partial charge in [0.2, 0.25) is 5.91 Å². The molecule has 0 bridgehead atoms. The second-order valence-corrected chi connectivity index (χ2v) is 6.18. The summed E-state index contributed by atoms with van der Waals surface area (Å²) in [6, 6.07) is 5.27. The number of benzene rings is 1. The number of halogens is 2. The molecule has 0 aliphatic carbocycles. The van der Waals surface area contributed by atoms with E-state index in [2.05, 4.69) is 5.32 Å². The Morgan fingerprint density at radius 1 is 1.23 bits per heavy atom. The molecule has 1 unspecified atom stereocenters. The number of hydrogen-bond donors (Lipinski definition) is 2. The molecule has 6 heteroatoms. The van der Waals surface area contributed by atoms with Crippen LogP contribution >= 0.6 is 23.2 Å². The zero-order chi connectivity index (χ0) is 16.5. The number of aliphatic carboxylic acids is 1. The van der Waals surface area contributed by atoms with Gasteiger partial charge in [0, 0.05) is 28.9 Å². The molecule has 1 amide bonds. The third-order valence-electron chi connectivity index (χ3n) is 3.36. The molecule has 0 saturated carbocycles. The van der Waals surface area contributed by atoms with E-state index in [4.69, 9.17) is 28.3 Å². The Labute approximate surface area is 140 Å². The molecule has 0 aliphatic heterocycles. The Morgan fingerprint density at radius 3 is 2.59 bits per heavy atom. The van der Waals surface area contributed by atoms with Crippen molar-refractivity contribution in [2.45, 2.75) is 39.0 Å². The maximum absolute atomic E-state index is 12.0. The predicted molar refractivity (Wildman–Crippen MR) is 88.4 cm³/mol. The zero-order valence-corrected chi connectivity index (χ0v) is 14.1. The summed E-state index contributed by atoms with van der Waals surface area (Å²) < 4.78 is 0. The predicted octanol–water partition coefficient (Wildman–Crippen LogP) is 3.93. The van der Waals surface area contributed by atoms with Crippen molar-refractivity contribution in [3.8, 4) is 0 Å². The van der Waals surface area contributed by atoms with Crippen LogP contribution in [0.25, 0.3) is 0 Å². The third kappa shape index (κ3) is 7.14. The maximum atomic E-state index is 12.0. The van der Waals surface area contributed by atoms with Gasteiger partial charge in [-0.05, 0) is 37.0 Å². The SMILES string of the molecule is CC(Cc1ccc(Cl)cc1Cl)C(=O)NCCCCCC(=O)O. The highest BCUT2D eigenvalue weighted by Crippen LogP contribution is 2.23. The van der Waals surface area contributed by atoms with Crippen molar-refractivity contribution in [3.05, 3.63) is 33.8 Å². The smallest absolute Gasteiger partial charge is 0.303 e. The van der Waals surface area contributed by atoms with Gasteiger partial charge in [-0.1, -0.05) is 42.6 Å². The largest absolute Gasteiger partial charge is 0.481 e. The highest BCUT2D eigenvalue weighted by molar-refractivity contribution is 6.35. The molecule has 122 valence electrons. The summed E-state index contributed by atoms with van der Waals surface area (Å²) in [6.07, 6.45) is 2.96. The quantitative estimate of drug-likeness (QED) is 0.666. The molecule has 0 fully saturated rings. The molecule has 2 N–H and O–H groups in total. The fraction of sp³-hybridized carbons (Fsp3) is 0.500. The molecule has 0 heterocycles. The Balaban J connectivity index is 2.28. The molecule has 22 heavy (non-hydrogen) atoms. The molecule has 1 rings (SSSR count). The summed E-state index contributed by atoms with van der Waals surface area (Å²) in [7, 11) is 0. The van der Waals surface area contributed by atoms with Gasteiger partial charge in [-0.15, -0.1) is 0 Å². The number of rotatable bonds is 9. The van der Waals surface area contributed by atoms with E-state index < -0.39 is 5.97 Å². The van der Waals surface area contributed by atoms with Gasteiger partial charge in [-0.2, -0.15) is 0 Å². The molecule has 1 atom stereocenters. The van der Waals surface area contributed by atoms with Gasteiger partial charge in [0.1, 0.15) is 0 Å². The number of carboxylic acid groups (broad SMARTS) is 1. The number of hydrogen-bond acceptors (Lipinski definition) is 2. The summed E-state index contributed by atoms with van der Waals surface area (Å²) in [5, 5.41) is 12.5. The number of amides is 1. The first-order valence-corrected chi connectivity index (χ1v) is 8.09. The molecule has 1 aromatic rings. The van der Waals surface area contributed by atoms with E-state index in [1.807, 2.05) is 13.0 Å².